The van der Waals surface area contributed by atoms with Crippen molar-refractivity contribution < 1.29 is 23.1 Å². The van der Waals surface area contributed by atoms with Gasteiger partial charge in [-0.05, 0) is 18.2 Å². The van der Waals surface area contributed by atoms with Crippen LogP contribution in [0, 0.1) is 16.7 Å². The average Bonchev–Trinajstić information content (AvgIpc) is 2.36. The first-order chi connectivity index (χ1) is 9.24. The van der Waals surface area contributed by atoms with E-state index in [1.165, 1.54) is 24.3 Å². The summed E-state index contributed by atoms with van der Waals surface area (Å²) in [6.45, 7) is 0. The molecule has 5 nitrogen and oxygen atoms in total. The maximum atomic E-state index is 12.2. The Morgan fingerprint density at radius 2 is 2.10 bits per heavy atom. The lowest BCUT2D eigenvalue weighted by molar-refractivity contribution is -0.129. The van der Waals surface area contributed by atoms with Gasteiger partial charge in [0.1, 0.15) is 11.4 Å². The van der Waals surface area contributed by atoms with Gasteiger partial charge >= 0.3 is 12.1 Å². The second-order valence-electron chi connectivity index (χ2n) is 3.68. The van der Waals surface area contributed by atoms with Gasteiger partial charge in [-0.2, -0.15) is 18.4 Å². The quantitative estimate of drug-likeness (QED) is 0.831. The Kier molecular flexibility index (Phi) is 4.59. The summed E-state index contributed by atoms with van der Waals surface area (Å²) in [7, 11) is 0. The molecule has 0 aromatic heterocycles. The van der Waals surface area contributed by atoms with Crippen LogP contribution in [-0.2, 0) is 4.79 Å². The van der Waals surface area contributed by atoms with Crippen molar-refractivity contribution in [1.82, 2.24) is 0 Å². The third-order valence-electron chi connectivity index (χ3n) is 2.17. The first-order valence-electron chi connectivity index (χ1n) is 5.19. The summed E-state index contributed by atoms with van der Waals surface area (Å²) in [6.07, 6.45) is -6.04. The first-order valence-corrected chi connectivity index (χ1v) is 5.19. The molecule has 104 valence electrons. The molecule has 0 heterocycles. The minimum atomic E-state index is -4.90. The van der Waals surface area contributed by atoms with Crippen LogP contribution < -0.4 is 0 Å². The first kappa shape index (κ1) is 15.4. The molecule has 0 atom stereocenters. The highest BCUT2D eigenvalue weighted by Gasteiger charge is 2.35. The monoisotopic (exact) mass is 283 g/mol. The molecule has 0 radical (unpaired) electrons. The van der Waals surface area contributed by atoms with Crippen LogP contribution in [-0.4, -0.2) is 28.7 Å². The van der Waals surface area contributed by atoms with Gasteiger partial charge in [0.25, 0.3) is 0 Å². The number of nitriles is 1. The summed E-state index contributed by atoms with van der Waals surface area (Å²) < 4.78 is 36.6. The number of hydrogen-bond donors (Lipinski definition) is 2. The average molecular weight is 283 g/mol. The zero-order chi connectivity index (χ0) is 15.3. The van der Waals surface area contributed by atoms with Crippen LogP contribution in [0.3, 0.4) is 0 Å². The zero-order valence-corrected chi connectivity index (χ0v) is 9.90. The molecule has 2 N–H and O–H groups in total. The van der Waals surface area contributed by atoms with E-state index < -0.39 is 30.0 Å². The number of hydrogen-bond acceptors (Lipinski definition) is 4. The molecule has 0 fully saturated rings. The number of nitrogens with one attached hydrogen (secondary N) is 1. The van der Waals surface area contributed by atoms with Gasteiger partial charge in [0.05, 0.1) is 17.3 Å². The maximum absolute atomic E-state index is 12.2. The van der Waals surface area contributed by atoms with E-state index in [4.69, 9.17) is 15.8 Å². The van der Waals surface area contributed by atoms with Crippen molar-refractivity contribution in [3.63, 3.8) is 0 Å². The zero-order valence-electron chi connectivity index (χ0n) is 9.90. The van der Waals surface area contributed by atoms with E-state index >= 15 is 0 Å². The van der Waals surface area contributed by atoms with E-state index in [2.05, 4.69) is 4.99 Å². The number of carboxylic acid groups (broad SMARTS) is 1. The summed E-state index contributed by atoms with van der Waals surface area (Å²) in [5.74, 6) is -1.65. The second-order valence-corrected chi connectivity index (χ2v) is 3.68. The van der Waals surface area contributed by atoms with Gasteiger partial charge in [0, 0.05) is 6.42 Å². The van der Waals surface area contributed by atoms with Crippen molar-refractivity contribution in [3.05, 3.63) is 29.8 Å². The molecular weight excluding hydrogens is 275 g/mol. The molecular formula is C12H8F3N3O2. The lowest BCUT2D eigenvalue weighted by Gasteiger charge is -2.08. The number of aliphatic imine (C=N–C) groups is 1. The van der Waals surface area contributed by atoms with Gasteiger partial charge in [0.2, 0.25) is 0 Å². The minimum Gasteiger partial charge on any atom is -0.477 e. The molecule has 1 rings (SSSR count). The van der Waals surface area contributed by atoms with Crippen LogP contribution in [0.2, 0.25) is 0 Å². The lowest BCUT2D eigenvalue weighted by atomic mass is 10.1. The van der Waals surface area contributed by atoms with Crippen molar-refractivity contribution in [1.29, 1.82) is 10.7 Å². The normalized spacial score (nSPS) is 11.8. The number of aliphatic carboxylic acids is 1. The minimum absolute atomic E-state index is 0.0384. The SMILES string of the molecule is N#Cc1cccc(N=C(CC(=N)C(F)(F)F)C(=O)O)c1. The number of carboxylic acids is 1. The van der Waals surface area contributed by atoms with Crippen molar-refractivity contribution in [2.45, 2.75) is 12.6 Å². The molecule has 8 heteroatoms. The summed E-state index contributed by atoms with van der Waals surface area (Å²) >= 11 is 0. The lowest BCUT2D eigenvalue weighted by Crippen LogP contribution is -2.27. The van der Waals surface area contributed by atoms with E-state index in [9.17, 15) is 18.0 Å². The van der Waals surface area contributed by atoms with Crippen molar-refractivity contribution in [2.75, 3.05) is 0 Å². The molecule has 0 bridgehead atoms. The van der Waals surface area contributed by atoms with Crippen LogP contribution >= 0.6 is 0 Å². The molecule has 1 aromatic rings. The molecule has 0 unspecified atom stereocenters. The van der Waals surface area contributed by atoms with Gasteiger partial charge in [-0.1, -0.05) is 6.07 Å². The summed E-state index contributed by atoms with van der Waals surface area (Å²) in [5, 5.41) is 24.3. The third-order valence-corrected chi connectivity index (χ3v) is 2.17. The molecule has 0 aliphatic heterocycles. The fourth-order valence-electron chi connectivity index (χ4n) is 1.23. The molecule has 0 spiro atoms. The number of halogens is 3. The predicted molar refractivity (Wildman–Crippen MR) is 64.3 cm³/mol. The fraction of sp³-hybridized carbons (Fsp3) is 0.167. The van der Waals surface area contributed by atoms with Crippen LogP contribution in [0.4, 0.5) is 18.9 Å². The van der Waals surface area contributed by atoms with Crippen LogP contribution in [0.5, 0.6) is 0 Å². The molecule has 0 amide bonds. The van der Waals surface area contributed by atoms with Crippen molar-refractivity contribution in [2.24, 2.45) is 4.99 Å². The Bertz CT molecular complexity index is 615. The van der Waals surface area contributed by atoms with Gasteiger partial charge in [0.15, 0.2) is 0 Å². The number of benzene rings is 1. The van der Waals surface area contributed by atoms with Gasteiger partial charge < -0.3 is 10.5 Å². The Morgan fingerprint density at radius 1 is 1.45 bits per heavy atom. The highest BCUT2D eigenvalue weighted by molar-refractivity contribution is 6.40. The standard InChI is InChI=1S/C12H8F3N3O2/c13-12(14,15)10(17)5-9(11(19)20)18-8-3-1-2-7(4-8)6-16/h1-4,17H,5H2,(H,19,20). The highest BCUT2D eigenvalue weighted by atomic mass is 19.4. The van der Waals surface area contributed by atoms with Gasteiger partial charge in [-0.3, -0.25) is 0 Å². The third kappa shape index (κ3) is 4.20. The Labute approximate surface area is 111 Å². The van der Waals surface area contributed by atoms with Crippen LogP contribution in [0.15, 0.2) is 29.3 Å². The van der Waals surface area contributed by atoms with Crippen LogP contribution in [0.25, 0.3) is 0 Å². The molecule has 20 heavy (non-hydrogen) atoms. The number of nitrogens with zero attached hydrogens (tertiary/aromatic N) is 2. The summed E-state index contributed by atoms with van der Waals surface area (Å²) in [4.78, 5) is 14.4. The second kappa shape index (κ2) is 5.97. The van der Waals surface area contributed by atoms with E-state index in [1.54, 1.807) is 6.07 Å². The van der Waals surface area contributed by atoms with Gasteiger partial charge in [-0.15, -0.1) is 0 Å². The van der Waals surface area contributed by atoms with E-state index in [0.717, 1.165) is 0 Å². The van der Waals surface area contributed by atoms with Crippen molar-refractivity contribution >= 4 is 23.1 Å². The topological polar surface area (TPSA) is 97.3 Å². The van der Waals surface area contributed by atoms with E-state index in [-0.39, 0.29) is 11.3 Å². The number of rotatable bonds is 4. The summed E-state index contributed by atoms with van der Waals surface area (Å²) in [5.41, 5.74) is -2.28. The number of carbonyl (C=O) groups is 1. The smallest absolute Gasteiger partial charge is 0.429 e. The summed E-state index contributed by atoms with van der Waals surface area (Å²) in [6, 6.07) is 7.24. The largest absolute Gasteiger partial charge is 0.477 e. The Hall–Kier alpha value is -2.69. The Balaban J connectivity index is 3.08. The Morgan fingerprint density at radius 3 is 2.60 bits per heavy atom. The molecule has 0 saturated heterocycles. The molecule has 0 saturated carbocycles. The van der Waals surface area contributed by atoms with Gasteiger partial charge in [-0.25, -0.2) is 9.79 Å². The molecule has 0 aliphatic rings. The highest BCUT2D eigenvalue weighted by Crippen LogP contribution is 2.20. The van der Waals surface area contributed by atoms with Crippen LogP contribution in [0.1, 0.15) is 12.0 Å². The molecule has 1 aromatic carbocycles. The fourth-order valence-corrected chi connectivity index (χ4v) is 1.23. The van der Waals surface area contributed by atoms with Crippen molar-refractivity contribution in [3.8, 4) is 6.07 Å². The molecule has 0 aliphatic carbocycles. The van der Waals surface area contributed by atoms with E-state index in [0.29, 0.717) is 0 Å². The van der Waals surface area contributed by atoms with E-state index in [1.807, 2.05) is 0 Å². The number of alkyl halides is 3. The maximum Gasteiger partial charge on any atom is 0.429 e. The predicted octanol–water partition coefficient (Wildman–Crippen LogP) is 2.69.